The second kappa shape index (κ2) is 12.4. The Kier molecular flexibility index (Phi) is 9.34. The largest absolute Gasteiger partial charge is 0.393 e. The van der Waals surface area contributed by atoms with Crippen molar-refractivity contribution in [1.29, 1.82) is 0 Å². The maximum absolute atomic E-state index is 10.3. The topological polar surface area (TPSA) is 80.1 Å². The van der Waals surface area contributed by atoms with Gasteiger partial charge in [-0.15, -0.1) is 0 Å². The van der Waals surface area contributed by atoms with E-state index >= 15 is 0 Å². The molecule has 0 saturated carbocycles. The van der Waals surface area contributed by atoms with E-state index in [1.807, 2.05) is 37.3 Å². The van der Waals surface area contributed by atoms with Gasteiger partial charge in [0.15, 0.2) is 5.96 Å². The summed E-state index contributed by atoms with van der Waals surface area (Å²) in [6.07, 6.45) is 1.76. The molecule has 1 saturated heterocycles. The Bertz CT molecular complexity index is 787. The van der Waals surface area contributed by atoms with Gasteiger partial charge in [-0.25, -0.2) is 4.99 Å². The van der Waals surface area contributed by atoms with Crippen molar-refractivity contribution in [1.82, 2.24) is 15.5 Å². The van der Waals surface area contributed by atoms with Gasteiger partial charge in [0, 0.05) is 32.7 Å². The number of guanidine groups is 1. The van der Waals surface area contributed by atoms with E-state index in [4.69, 9.17) is 0 Å². The summed E-state index contributed by atoms with van der Waals surface area (Å²) in [6, 6.07) is 18.4. The molecule has 0 bridgehead atoms. The lowest BCUT2D eigenvalue weighted by atomic mass is 10.1. The lowest BCUT2D eigenvalue weighted by Gasteiger charge is -2.29. The molecule has 1 aliphatic rings. The Morgan fingerprint density at radius 2 is 1.71 bits per heavy atom. The molecule has 1 fully saturated rings. The minimum Gasteiger partial charge on any atom is -0.393 e. The van der Waals surface area contributed by atoms with Gasteiger partial charge in [0.2, 0.25) is 0 Å². The number of aliphatic hydroxyl groups is 2. The van der Waals surface area contributed by atoms with Crippen LogP contribution in [0.2, 0.25) is 0 Å². The van der Waals surface area contributed by atoms with E-state index in [9.17, 15) is 10.2 Å². The molecule has 31 heavy (non-hydrogen) atoms. The molecule has 4 N–H and O–H groups in total. The zero-order valence-corrected chi connectivity index (χ0v) is 18.5. The van der Waals surface area contributed by atoms with Gasteiger partial charge in [0.25, 0.3) is 0 Å². The monoisotopic (exact) mass is 424 g/mol. The standard InChI is InChI=1S/C25H36N4O2/c1-2-26-25(27-15-12-24(31)22-6-4-3-5-7-22)28-18-20-8-10-21(11-9-20)19-29-16-13-23(30)14-17-29/h3-11,23-24,30-31H,2,12-19H2,1H3,(H2,26,27,28). The fourth-order valence-corrected chi connectivity index (χ4v) is 3.77. The number of nitrogens with one attached hydrogen (secondary N) is 2. The summed E-state index contributed by atoms with van der Waals surface area (Å²) in [7, 11) is 0. The van der Waals surface area contributed by atoms with Gasteiger partial charge >= 0.3 is 0 Å². The van der Waals surface area contributed by atoms with Crippen molar-refractivity contribution in [3.8, 4) is 0 Å². The van der Waals surface area contributed by atoms with Crippen LogP contribution in [0, 0.1) is 0 Å². The first-order valence-corrected chi connectivity index (χ1v) is 11.4. The van der Waals surface area contributed by atoms with Crippen LogP contribution in [0.3, 0.4) is 0 Å². The number of likely N-dealkylation sites (tertiary alicyclic amines) is 1. The van der Waals surface area contributed by atoms with Crippen LogP contribution in [0.4, 0.5) is 0 Å². The first kappa shape index (κ1) is 23.3. The van der Waals surface area contributed by atoms with Gasteiger partial charge in [-0.05, 0) is 42.9 Å². The minimum atomic E-state index is -0.479. The number of rotatable bonds is 9. The predicted molar refractivity (Wildman–Crippen MR) is 126 cm³/mol. The molecule has 3 rings (SSSR count). The Morgan fingerprint density at radius 1 is 1.03 bits per heavy atom. The molecule has 6 heteroatoms. The summed E-state index contributed by atoms with van der Waals surface area (Å²) in [5, 5.41) is 26.5. The molecular weight excluding hydrogens is 388 g/mol. The van der Waals surface area contributed by atoms with Crippen LogP contribution in [0.1, 0.15) is 49.0 Å². The Labute approximate surface area is 186 Å². The Balaban J connectivity index is 1.45. The minimum absolute atomic E-state index is 0.127. The molecule has 1 aliphatic heterocycles. The number of benzene rings is 2. The van der Waals surface area contributed by atoms with Crippen molar-refractivity contribution in [3.05, 3.63) is 71.3 Å². The molecule has 168 valence electrons. The second-order valence-corrected chi connectivity index (χ2v) is 8.16. The number of aliphatic hydroxyl groups excluding tert-OH is 2. The lowest BCUT2D eigenvalue weighted by Crippen LogP contribution is -2.38. The predicted octanol–water partition coefficient (Wildman–Crippen LogP) is 2.82. The molecule has 0 spiro atoms. The van der Waals surface area contributed by atoms with Crippen molar-refractivity contribution in [2.45, 2.75) is 51.5 Å². The number of aliphatic imine (C=N–C) groups is 1. The van der Waals surface area contributed by atoms with E-state index in [0.717, 1.165) is 50.5 Å². The van der Waals surface area contributed by atoms with E-state index in [2.05, 4.69) is 44.8 Å². The quantitative estimate of drug-likeness (QED) is 0.368. The van der Waals surface area contributed by atoms with Crippen molar-refractivity contribution in [2.24, 2.45) is 4.99 Å². The fraction of sp³-hybridized carbons (Fsp3) is 0.480. The third kappa shape index (κ3) is 7.98. The van der Waals surface area contributed by atoms with Crippen molar-refractivity contribution >= 4 is 5.96 Å². The molecule has 1 unspecified atom stereocenters. The van der Waals surface area contributed by atoms with Gasteiger partial charge in [-0.1, -0.05) is 54.6 Å². The highest BCUT2D eigenvalue weighted by atomic mass is 16.3. The second-order valence-electron chi connectivity index (χ2n) is 8.16. The van der Waals surface area contributed by atoms with E-state index in [0.29, 0.717) is 19.5 Å². The number of piperidine rings is 1. The molecule has 2 aromatic rings. The molecule has 0 aliphatic carbocycles. The van der Waals surface area contributed by atoms with Gasteiger partial charge < -0.3 is 20.8 Å². The summed E-state index contributed by atoms with van der Waals surface area (Å²) in [4.78, 5) is 7.08. The third-order valence-corrected chi connectivity index (χ3v) is 5.64. The molecular formula is C25H36N4O2. The number of nitrogens with zero attached hydrogens (tertiary/aromatic N) is 2. The summed E-state index contributed by atoms with van der Waals surface area (Å²) in [5.41, 5.74) is 3.40. The first-order valence-electron chi connectivity index (χ1n) is 11.4. The van der Waals surface area contributed by atoms with E-state index in [-0.39, 0.29) is 6.10 Å². The van der Waals surface area contributed by atoms with Crippen LogP contribution in [-0.2, 0) is 13.1 Å². The fourth-order valence-electron chi connectivity index (χ4n) is 3.77. The van der Waals surface area contributed by atoms with Gasteiger partial charge in [0.05, 0.1) is 18.8 Å². The third-order valence-electron chi connectivity index (χ3n) is 5.64. The molecule has 0 amide bonds. The highest BCUT2D eigenvalue weighted by Crippen LogP contribution is 2.16. The molecule has 1 heterocycles. The van der Waals surface area contributed by atoms with Gasteiger partial charge in [-0.3, -0.25) is 4.90 Å². The normalized spacial score (nSPS) is 16.8. The van der Waals surface area contributed by atoms with E-state index in [1.54, 1.807) is 0 Å². The van der Waals surface area contributed by atoms with Crippen molar-refractivity contribution < 1.29 is 10.2 Å². The SMILES string of the molecule is CCNC(=NCc1ccc(CN2CCC(O)CC2)cc1)NCCC(O)c1ccccc1. The maximum atomic E-state index is 10.3. The highest BCUT2D eigenvalue weighted by Gasteiger charge is 2.16. The Morgan fingerprint density at radius 3 is 2.39 bits per heavy atom. The zero-order chi connectivity index (χ0) is 21.9. The number of hydrogen-bond donors (Lipinski definition) is 4. The molecule has 6 nitrogen and oxygen atoms in total. The zero-order valence-electron chi connectivity index (χ0n) is 18.5. The molecule has 0 radical (unpaired) electrons. The van der Waals surface area contributed by atoms with Gasteiger partial charge in [0.1, 0.15) is 0 Å². The first-order chi connectivity index (χ1) is 15.1. The summed E-state index contributed by atoms with van der Waals surface area (Å²) in [5.74, 6) is 0.763. The van der Waals surface area contributed by atoms with Crippen LogP contribution in [0.15, 0.2) is 59.6 Å². The molecule has 2 aromatic carbocycles. The average molecular weight is 425 g/mol. The van der Waals surface area contributed by atoms with Crippen LogP contribution >= 0.6 is 0 Å². The molecule has 0 aromatic heterocycles. The van der Waals surface area contributed by atoms with Crippen LogP contribution in [-0.4, -0.2) is 53.4 Å². The van der Waals surface area contributed by atoms with Crippen molar-refractivity contribution in [2.75, 3.05) is 26.2 Å². The summed E-state index contributed by atoms with van der Waals surface area (Å²) < 4.78 is 0. The van der Waals surface area contributed by atoms with Crippen LogP contribution in [0.5, 0.6) is 0 Å². The van der Waals surface area contributed by atoms with Crippen LogP contribution < -0.4 is 10.6 Å². The van der Waals surface area contributed by atoms with Gasteiger partial charge in [-0.2, -0.15) is 0 Å². The van der Waals surface area contributed by atoms with Crippen molar-refractivity contribution in [3.63, 3.8) is 0 Å². The van der Waals surface area contributed by atoms with E-state index in [1.165, 1.54) is 11.1 Å². The average Bonchev–Trinajstić information content (AvgIpc) is 2.80. The number of hydrogen-bond acceptors (Lipinski definition) is 4. The summed E-state index contributed by atoms with van der Waals surface area (Å²) >= 11 is 0. The lowest BCUT2D eigenvalue weighted by molar-refractivity contribution is 0.0792. The Hall–Kier alpha value is -2.41. The van der Waals surface area contributed by atoms with E-state index < -0.39 is 6.10 Å². The maximum Gasteiger partial charge on any atom is 0.191 e. The molecule has 1 atom stereocenters. The van der Waals surface area contributed by atoms with Crippen LogP contribution in [0.25, 0.3) is 0 Å². The smallest absolute Gasteiger partial charge is 0.191 e. The summed E-state index contributed by atoms with van der Waals surface area (Å²) in [6.45, 7) is 6.94. The highest BCUT2D eigenvalue weighted by molar-refractivity contribution is 5.79.